The Morgan fingerprint density at radius 1 is 1.29 bits per heavy atom. The van der Waals surface area contributed by atoms with Gasteiger partial charge in [-0.15, -0.1) is 0 Å². The van der Waals surface area contributed by atoms with Crippen molar-refractivity contribution < 1.29 is 0 Å². The number of hydrogen-bond donors (Lipinski definition) is 1. The summed E-state index contributed by atoms with van der Waals surface area (Å²) in [5.74, 6) is 1.57. The summed E-state index contributed by atoms with van der Waals surface area (Å²) in [6.45, 7) is 4.93. The summed E-state index contributed by atoms with van der Waals surface area (Å²) in [5, 5.41) is 4.47. The Labute approximate surface area is 137 Å². The molecule has 2 rings (SSSR count). The first-order valence-electron chi connectivity index (χ1n) is 7.54. The molecule has 1 aromatic rings. The summed E-state index contributed by atoms with van der Waals surface area (Å²) in [7, 11) is 4.28. The molecule has 2 heterocycles. The van der Waals surface area contributed by atoms with Crippen LogP contribution < -0.4 is 10.2 Å². The van der Waals surface area contributed by atoms with Crippen molar-refractivity contribution in [2.24, 2.45) is 0 Å². The molecule has 1 N–H and O–H groups in total. The first-order valence-corrected chi connectivity index (χ1v) is 8.29. The predicted molar refractivity (Wildman–Crippen MR) is 92.0 cm³/mol. The van der Waals surface area contributed by atoms with Gasteiger partial charge in [0.1, 0.15) is 11.6 Å². The van der Waals surface area contributed by atoms with E-state index in [-0.39, 0.29) is 0 Å². The van der Waals surface area contributed by atoms with Gasteiger partial charge in [-0.25, -0.2) is 4.98 Å². The lowest BCUT2D eigenvalue weighted by Gasteiger charge is -2.36. The number of nitrogens with one attached hydrogen (secondary N) is 1. The van der Waals surface area contributed by atoms with Gasteiger partial charge in [-0.3, -0.25) is 0 Å². The number of aromatic nitrogens is 1. The van der Waals surface area contributed by atoms with Crippen LogP contribution in [0.5, 0.6) is 0 Å². The molecule has 0 atom stereocenters. The Kier molecular flexibility index (Phi) is 5.97. The molecule has 1 fully saturated rings. The Morgan fingerprint density at radius 2 is 1.95 bits per heavy atom. The second-order valence-electron chi connectivity index (χ2n) is 5.73. The monoisotopic (exact) mass is 330 g/mol. The fourth-order valence-electron chi connectivity index (χ4n) is 2.64. The van der Waals surface area contributed by atoms with E-state index >= 15 is 0 Å². The van der Waals surface area contributed by atoms with Crippen LogP contribution >= 0.6 is 23.2 Å². The minimum Gasteiger partial charge on any atom is -0.369 e. The summed E-state index contributed by atoms with van der Waals surface area (Å²) >= 11 is 12.5. The number of nitrogens with zero attached hydrogens (tertiary/aromatic N) is 3. The SMILES string of the molecule is CCCNc1nc(N2CCC(N(C)C)CC2)c(Cl)cc1Cl. The summed E-state index contributed by atoms with van der Waals surface area (Å²) < 4.78 is 0. The zero-order valence-electron chi connectivity index (χ0n) is 13.0. The van der Waals surface area contributed by atoms with Gasteiger partial charge in [0.2, 0.25) is 0 Å². The van der Waals surface area contributed by atoms with Crippen molar-refractivity contribution in [3.8, 4) is 0 Å². The van der Waals surface area contributed by atoms with E-state index in [2.05, 4.69) is 41.1 Å². The molecule has 0 aromatic carbocycles. The van der Waals surface area contributed by atoms with Crippen LogP contribution in [0.3, 0.4) is 0 Å². The van der Waals surface area contributed by atoms with Gasteiger partial charge in [0, 0.05) is 25.7 Å². The summed E-state index contributed by atoms with van der Waals surface area (Å²) in [4.78, 5) is 9.19. The van der Waals surface area contributed by atoms with Crippen LogP contribution in [0.4, 0.5) is 11.6 Å². The van der Waals surface area contributed by atoms with Crippen LogP contribution in [-0.2, 0) is 0 Å². The largest absolute Gasteiger partial charge is 0.369 e. The van der Waals surface area contributed by atoms with Crippen LogP contribution in [0.2, 0.25) is 10.0 Å². The van der Waals surface area contributed by atoms with Crippen molar-refractivity contribution in [1.29, 1.82) is 0 Å². The first-order chi connectivity index (χ1) is 10.0. The molecule has 1 aliphatic heterocycles. The summed E-state index contributed by atoms with van der Waals surface area (Å²) in [6, 6.07) is 2.44. The van der Waals surface area contributed by atoms with Crippen molar-refractivity contribution in [1.82, 2.24) is 9.88 Å². The van der Waals surface area contributed by atoms with E-state index in [1.165, 1.54) is 0 Å². The molecule has 0 saturated carbocycles. The van der Waals surface area contributed by atoms with Crippen LogP contribution in [-0.4, -0.2) is 49.7 Å². The van der Waals surface area contributed by atoms with Crippen LogP contribution in [0.15, 0.2) is 6.07 Å². The Hall–Kier alpha value is -0.710. The maximum Gasteiger partial charge on any atom is 0.149 e. The number of piperidine rings is 1. The van der Waals surface area contributed by atoms with E-state index in [0.29, 0.717) is 16.1 Å². The smallest absolute Gasteiger partial charge is 0.149 e. The van der Waals surface area contributed by atoms with Crippen molar-refractivity contribution in [3.05, 3.63) is 16.1 Å². The zero-order chi connectivity index (χ0) is 15.4. The van der Waals surface area contributed by atoms with Gasteiger partial charge in [0.05, 0.1) is 10.0 Å². The molecule has 0 spiro atoms. The lowest BCUT2D eigenvalue weighted by Crippen LogP contribution is -2.42. The molecule has 21 heavy (non-hydrogen) atoms. The van der Waals surface area contributed by atoms with Gasteiger partial charge < -0.3 is 15.1 Å². The second kappa shape index (κ2) is 7.52. The Balaban J connectivity index is 2.12. The predicted octanol–water partition coefficient (Wildman–Crippen LogP) is 3.74. The van der Waals surface area contributed by atoms with E-state index in [4.69, 9.17) is 23.2 Å². The van der Waals surface area contributed by atoms with Crippen LogP contribution in [0.1, 0.15) is 26.2 Å². The second-order valence-corrected chi connectivity index (χ2v) is 6.55. The fraction of sp³-hybridized carbons (Fsp3) is 0.667. The third-order valence-corrected chi connectivity index (χ3v) is 4.51. The molecule has 6 heteroatoms. The van der Waals surface area contributed by atoms with Crippen LogP contribution in [0, 0.1) is 0 Å². The minimum absolute atomic E-state index is 0.584. The maximum atomic E-state index is 6.34. The van der Waals surface area contributed by atoms with Gasteiger partial charge in [0.15, 0.2) is 0 Å². The van der Waals surface area contributed by atoms with Gasteiger partial charge in [0.25, 0.3) is 0 Å². The molecular formula is C15H24Cl2N4. The van der Waals surface area contributed by atoms with Crippen LogP contribution in [0.25, 0.3) is 0 Å². The average Bonchev–Trinajstić information content (AvgIpc) is 2.46. The molecule has 1 aliphatic rings. The van der Waals surface area contributed by atoms with Gasteiger partial charge in [-0.05, 0) is 39.4 Å². The topological polar surface area (TPSA) is 31.4 Å². The highest BCUT2D eigenvalue weighted by Crippen LogP contribution is 2.33. The number of hydrogen-bond acceptors (Lipinski definition) is 4. The number of halogens is 2. The van der Waals surface area contributed by atoms with E-state index in [1.807, 2.05) is 0 Å². The average molecular weight is 331 g/mol. The van der Waals surface area contributed by atoms with Crippen molar-refractivity contribution >= 4 is 34.8 Å². The molecular weight excluding hydrogens is 307 g/mol. The summed E-state index contributed by atoms with van der Waals surface area (Å²) in [6.07, 6.45) is 3.29. The minimum atomic E-state index is 0.584. The number of anilines is 2. The van der Waals surface area contributed by atoms with Crippen molar-refractivity contribution in [2.75, 3.05) is 43.9 Å². The first kappa shape index (κ1) is 16.7. The summed E-state index contributed by atoms with van der Waals surface area (Å²) in [5.41, 5.74) is 0. The maximum absolute atomic E-state index is 6.34. The van der Waals surface area contributed by atoms with E-state index in [1.54, 1.807) is 6.07 Å². The highest BCUT2D eigenvalue weighted by molar-refractivity contribution is 6.37. The highest BCUT2D eigenvalue weighted by atomic mass is 35.5. The molecule has 0 bridgehead atoms. The van der Waals surface area contributed by atoms with Crippen molar-refractivity contribution in [3.63, 3.8) is 0 Å². The molecule has 1 saturated heterocycles. The highest BCUT2D eigenvalue weighted by Gasteiger charge is 2.23. The van der Waals surface area contributed by atoms with E-state index in [9.17, 15) is 0 Å². The van der Waals surface area contributed by atoms with E-state index in [0.717, 1.165) is 50.5 Å². The third-order valence-electron chi connectivity index (χ3n) is 3.95. The van der Waals surface area contributed by atoms with Gasteiger partial charge in [-0.1, -0.05) is 30.1 Å². The molecule has 0 unspecified atom stereocenters. The molecule has 0 aliphatic carbocycles. The number of pyridine rings is 1. The van der Waals surface area contributed by atoms with Crippen molar-refractivity contribution in [2.45, 2.75) is 32.2 Å². The zero-order valence-corrected chi connectivity index (χ0v) is 14.5. The fourth-order valence-corrected chi connectivity index (χ4v) is 3.18. The molecule has 4 nitrogen and oxygen atoms in total. The Bertz CT molecular complexity index is 471. The lowest BCUT2D eigenvalue weighted by molar-refractivity contribution is 0.249. The Morgan fingerprint density at radius 3 is 2.52 bits per heavy atom. The molecule has 0 radical (unpaired) electrons. The third kappa shape index (κ3) is 4.15. The van der Waals surface area contributed by atoms with Gasteiger partial charge in [-0.2, -0.15) is 0 Å². The molecule has 118 valence electrons. The lowest BCUT2D eigenvalue weighted by atomic mass is 10.0. The molecule has 0 amide bonds. The normalized spacial score (nSPS) is 16.6. The quantitative estimate of drug-likeness (QED) is 0.891. The van der Waals surface area contributed by atoms with E-state index < -0.39 is 0 Å². The standard InChI is InChI=1S/C15H24Cl2N4/c1-4-7-18-14-12(16)10-13(17)15(19-14)21-8-5-11(6-9-21)20(2)3/h10-11H,4-9H2,1-3H3,(H,18,19). The number of rotatable bonds is 5. The van der Waals surface area contributed by atoms with Gasteiger partial charge >= 0.3 is 0 Å². The molecule has 1 aromatic heterocycles.